The van der Waals surface area contributed by atoms with Crippen molar-refractivity contribution in [3.63, 3.8) is 0 Å². The maximum absolute atomic E-state index is 10.4. The number of aliphatic hydroxyl groups is 1. The van der Waals surface area contributed by atoms with Crippen molar-refractivity contribution in [2.75, 3.05) is 13.2 Å². The largest absolute Gasteiger partial charge is 0.343 e. The standard InChI is InChI=1S/C16H34O3/c1-5-9-11-15(8-4)14-19-16(17,12-7-3)18-13-10-6-2/h15,17H,5-14H2,1-4H3. The molecule has 0 rings (SSSR count). The van der Waals surface area contributed by atoms with Gasteiger partial charge in [0.2, 0.25) is 0 Å². The first-order valence-corrected chi connectivity index (χ1v) is 8.12. The van der Waals surface area contributed by atoms with Crippen LogP contribution >= 0.6 is 0 Å². The second-order valence-electron chi connectivity index (χ2n) is 5.39. The van der Waals surface area contributed by atoms with Gasteiger partial charge < -0.3 is 14.6 Å². The average Bonchev–Trinajstić information content (AvgIpc) is 2.40. The first kappa shape index (κ1) is 18.9. The molecular weight excluding hydrogens is 240 g/mol. The molecule has 0 heterocycles. The first-order valence-electron chi connectivity index (χ1n) is 8.12. The van der Waals surface area contributed by atoms with Crippen LogP contribution in [0.5, 0.6) is 0 Å². The fourth-order valence-corrected chi connectivity index (χ4v) is 2.02. The maximum atomic E-state index is 10.4. The molecule has 0 aliphatic rings. The van der Waals surface area contributed by atoms with Gasteiger partial charge in [-0.05, 0) is 25.2 Å². The van der Waals surface area contributed by atoms with E-state index in [4.69, 9.17) is 9.47 Å². The Morgan fingerprint density at radius 3 is 2.16 bits per heavy atom. The molecule has 19 heavy (non-hydrogen) atoms. The van der Waals surface area contributed by atoms with E-state index in [0.29, 0.717) is 25.6 Å². The van der Waals surface area contributed by atoms with Crippen molar-refractivity contribution < 1.29 is 14.6 Å². The summed E-state index contributed by atoms with van der Waals surface area (Å²) in [7, 11) is 0. The molecule has 0 aromatic heterocycles. The third kappa shape index (κ3) is 9.42. The maximum Gasteiger partial charge on any atom is 0.280 e. The Balaban J connectivity index is 4.14. The topological polar surface area (TPSA) is 38.7 Å². The molecule has 116 valence electrons. The van der Waals surface area contributed by atoms with Gasteiger partial charge in [-0.3, -0.25) is 0 Å². The third-order valence-electron chi connectivity index (χ3n) is 3.48. The summed E-state index contributed by atoms with van der Waals surface area (Å²) >= 11 is 0. The van der Waals surface area contributed by atoms with Gasteiger partial charge in [-0.25, -0.2) is 0 Å². The lowest BCUT2D eigenvalue weighted by Crippen LogP contribution is -2.37. The van der Waals surface area contributed by atoms with Crippen LogP contribution in [0.4, 0.5) is 0 Å². The molecular formula is C16H34O3. The van der Waals surface area contributed by atoms with Crippen LogP contribution in [0.3, 0.4) is 0 Å². The van der Waals surface area contributed by atoms with E-state index in [1.54, 1.807) is 0 Å². The zero-order valence-corrected chi connectivity index (χ0v) is 13.4. The van der Waals surface area contributed by atoms with E-state index in [9.17, 15) is 5.11 Å². The highest BCUT2D eigenvalue weighted by Crippen LogP contribution is 2.21. The lowest BCUT2D eigenvalue weighted by molar-refractivity contribution is -0.366. The highest BCUT2D eigenvalue weighted by atomic mass is 16.8. The molecule has 0 aromatic rings. The monoisotopic (exact) mass is 274 g/mol. The molecule has 0 aliphatic heterocycles. The Morgan fingerprint density at radius 1 is 0.947 bits per heavy atom. The summed E-state index contributed by atoms with van der Waals surface area (Å²) in [5, 5.41) is 10.4. The summed E-state index contributed by atoms with van der Waals surface area (Å²) in [5.41, 5.74) is 0. The molecule has 0 saturated heterocycles. The Kier molecular flexibility index (Phi) is 11.6. The number of rotatable bonds is 13. The molecule has 1 N–H and O–H groups in total. The Labute approximate surface area is 119 Å². The molecule has 3 heteroatoms. The van der Waals surface area contributed by atoms with E-state index in [1.807, 2.05) is 6.92 Å². The normalized spacial score (nSPS) is 16.3. The van der Waals surface area contributed by atoms with E-state index in [2.05, 4.69) is 20.8 Å². The van der Waals surface area contributed by atoms with E-state index >= 15 is 0 Å². The summed E-state index contributed by atoms with van der Waals surface area (Å²) in [6.45, 7) is 9.69. The van der Waals surface area contributed by atoms with Gasteiger partial charge in [0.05, 0.1) is 13.2 Å². The van der Waals surface area contributed by atoms with Crippen molar-refractivity contribution in [1.82, 2.24) is 0 Å². The number of hydrogen-bond donors (Lipinski definition) is 1. The van der Waals surface area contributed by atoms with Gasteiger partial charge in [0, 0.05) is 6.42 Å². The molecule has 0 aliphatic carbocycles. The fraction of sp³-hybridized carbons (Fsp3) is 1.00. The highest BCUT2D eigenvalue weighted by molar-refractivity contribution is 4.60. The second-order valence-corrected chi connectivity index (χ2v) is 5.39. The molecule has 2 unspecified atom stereocenters. The Bertz CT molecular complexity index is 196. The van der Waals surface area contributed by atoms with Crippen molar-refractivity contribution >= 4 is 0 Å². The van der Waals surface area contributed by atoms with Crippen LogP contribution in [0.25, 0.3) is 0 Å². The van der Waals surface area contributed by atoms with Crippen LogP contribution in [0.1, 0.15) is 79.1 Å². The van der Waals surface area contributed by atoms with Gasteiger partial charge in [-0.2, -0.15) is 0 Å². The summed E-state index contributed by atoms with van der Waals surface area (Å²) in [5.74, 6) is -0.845. The zero-order valence-electron chi connectivity index (χ0n) is 13.4. The molecule has 0 radical (unpaired) electrons. The van der Waals surface area contributed by atoms with Gasteiger partial charge in [0.25, 0.3) is 5.97 Å². The molecule has 0 saturated carbocycles. The van der Waals surface area contributed by atoms with Crippen LogP contribution in [0.2, 0.25) is 0 Å². The minimum absolute atomic E-state index is 0.526. The van der Waals surface area contributed by atoms with Crippen molar-refractivity contribution in [1.29, 1.82) is 0 Å². The molecule has 2 atom stereocenters. The van der Waals surface area contributed by atoms with Gasteiger partial charge in [-0.1, -0.05) is 53.4 Å². The van der Waals surface area contributed by atoms with Gasteiger partial charge in [0.15, 0.2) is 0 Å². The van der Waals surface area contributed by atoms with Crippen LogP contribution in [-0.4, -0.2) is 24.3 Å². The van der Waals surface area contributed by atoms with Crippen LogP contribution in [-0.2, 0) is 9.47 Å². The van der Waals surface area contributed by atoms with Crippen LogP contribution in [0.15, 0.2) is 0 Å². The minimum atomic E-state index is -1.37. The van der Waals surface area contributed by atoms with Crippen molar-refractivity contribution in [3.05, 3.63) is 0 Å². The Morgan fingerprint density at radius 2 is 1.63 bits per heavy atom. The zero-order chi connectivity index (χ0) is 14.6. The number of ether oxygens (including phenoxy) is 2. The molecule has 0 amide bonds. The van der Waals surface area contributed by atoms with E-state index in [-0.39, 0.29) is 0 Å². The SMILES string of the molecule is CCCCOC(O)(CCC)OCC(CC)CCCC. The van der Waals surface area contributed by atoms with E-state index < -0.39 is 5.97 Å². The second kappa shape index (κ2) is 11.7. The molecule has 0 fully saturated rings. The first-order chi connectivity index (χ1) is 9.11. The lowest BCUT2D eigenvalue weighted by Gasteiger charge is -2.29. The predicted molar refractivity (Wildman–Crippen MR) is 80.0 cm³/mol. The van der Waals surface area contributed by atoms with Gasteiger partial charge >= 0.3 is 0 Å². The Hall–Kier alpha value is -0.120. The van der Waals surface area contributed by atoms with E-state index in [1.165, 1.54) is 19.3 Å². The van der Waals surface area contributed by atoms with Crippen molar-refractivity contribution in [2.24, 2.45) is 5.92 Å². The molecule has 0 bridgehead atoms. The smallest absolute Gasteiger partial charge is 0.280 e. The molecule has 3 nitrogen and oxygen atoms in total. The quantitative estimate of drug-likeness (QED) is 0.397. The van der Waals surface area contributed by atoms with E-state index in [0.717, 1.165) is 25.7 Å². The summed E-state index contributed by atoms with van der Waals surface area (Å²) < 4.78 is 11.2. The fourth-order valence-electron chi connectivity index (χ4n) is 2.02. The highest BCUT2D eigenvalue weighted by Gasteiger charge is 2.28. The van der Waals surface area contributed by atoms with Crippen LogP contribution < -0.4 is 0 Å². The summed E-state index contributed by atoms with van der Waals surface area (Å²) in [4.78, 5) is 0. The molecule has 0 aromatic carbocycles. The summed E-state index contributed by atoms with van der Waals surface area (Å²) in [6, 6.07) is 0. The van der Waals surface area contributed by atoms with Gasteiger partial charge in [0.1, 0.15) is 0 Å². The van der Waals surface area contributed by atoms with Crippen molar-refractivity contribution in [3.8, 4) is 0 Å². The van der Waals surface area contributed by atoms with Gasteiger partial charge in [-0.15, -0.1) is 0 Å². The van der Waals surface area contributed by atoms with Crippen molar-refractivity contribution in [2.45, 2.75) is 85.0 Å². The minimum Gasteiger partial charge on any atom is -0.343 e. The number of unbranched alkanes of at least 4 members (excludes halogenated alkanes) is 2. The third-order valence-corrected chi connectivity index (χ3v) is 3.48. The number of hydrogen-bond acceptors (Lipinski definition) is 3. The lowest BCUT2D eigenvalue weighted by atomic mass is 10.0. The average molecular weight is 274 g/mol. The predicted octanol–water partition coefficient (Wildman–Crippen LogP) is 4.48. The summed E-state index contributed by atoms with van der Waals surface area (Å²) in [6.07, 6.45) is 8.13. The van der Waals surface area contributed by atoms with Crippen LogP contribution in [0, 0.1) is 5.92 Å². The molecule has 0 spiro atoms.